The van der Waals surface area contributed by atoms with Gasteiger partial charge < -0.3 is 5.73 Å². The lowest BCUT2D eigenvalue weighted by Crippen LogP contribution is -2.24. The molecular weight excluding hydrogens is 206 g/mol. The van der Waals surface area contributed by atoms with Gasteiger partial charge in [0, 0.05) is 6.04 Å². The quantitative estimate of drug-likeness (QED) is 0.782. The summed E-state index contributed by atoms with van der Waals surface area (Å²) in [5.74, 6) is 0. The van der Waals surface area contributed by atoms with Crippen molar-refractivity contribution in [2.24, 2.45) is 5.73 Å². The third-order valence-electron chi connectivity index (χ3n) is 3.65. The molecular formula is C16H23N. The van der Waals surface area contributed by atoms with Gasteiger partial charge in [-0.2, -0.15) is 0 Å². The Morgan fingerprint density at radius 1 is 1.18 bits per heavy atom. The second kappa shape index (κ2) is 6.02. The molecule has 1 atom stereocenters. The predicted octanol–water partition coefficient (Wildman–Crippen LogP) is 3.76. The number of benzene rings is 1. The Balaban J connectivity index is 1.91. The van der Waals surface area contributed by atoms with E-state index in [1.165, 1.54) is 36.8 Å². The SMILES string of the molecule is Cc1ccccc1CC(N)CC1=CCCCC1. The monoisotopic (exact) mass is 229 g/mol. The number of hydrogen-bond donors (Lipinski definition) is 1. The van der Waals surface area contributed by atoms with Crippen LogP contribution in [0, 0.1) is 6.92 Å². The first-order chi connectivity index (χ1) is 8.25. The summed E-state index contributed by atoms with van der Waals surface area (Å²) in [6, 6.07) is 8.84. The summed E-state index contributed by atoms with van der Waals surface area (Å²) < 4.78 is 0. The average Bonchev–Trinajstić information content (AvgIpc) is 2.33. The molecule has 1 heteroatoms. The fourth-order valence-electron chi connectivity index (χ4n) is 2.62. The normalized spacial score (nSPS) is 17.6. The largest absolute Gasteiger partial charge is 0.327 e. The molecule has 1 nitrogen and oxygen atoms in total. The van der Waals surface area contributed by atoms with E-state index in [2.05, 4.69) is 37.3 Å². The summed E-state index contributed by atoms with van der Waals surface area (Å²) in [5.41, 5.74) is 10.6. The van der Waals surface area contributed by atoms with Crippen LogP contribution in [0.25, 0.3) is 0 Å². The van der Waals surface area contributed by atoms with E-state index in [4.69, 9.17) is 5.73 Å². The first kappa shape index (κ1) is 12.4. The van der Waals surface area contributed by atoms with Gasteiger partial charge in [0.15, 0.2) is 0 Å². The van der Waals surface area contributed by atoms with Crippen LogP contribution >= 0.6 is 0 Å². The molecule has 1 aliphatic carbocycles. The molecule has 0 spiro atoms. The molecule has 0 heterocycles. The van der Waals surface area contributed by atoms with Crippen molar-refractivity contribution < 1.29 is 0 Å². The molecule has 17 heavy (non-hydrogen) atoms. The minimum Gasteiger partial charge on any atom is -0.327 e. The van der Waals surface area contributed by atoms with E-state index in [9.17, 15) is 0 Å². The molecule has 1 aromatic carbocycles. The van der Waals surface area contributed by atoms with E-state index in [0.717, 1.165) is 12.8 Å². The molecule has 0 radical (unpaired) electrons. The van der Waals surface area contributed by atoms with Crippen LogP contribution in [0.1, 0.15) is 43.2 Å². The van der Waals surface area contributed by atoms with Crippen LogP contribution in [0.2, 0.25) is 0 Å². The van der Waals surface area contributed by atoms with E-state index < -0.39 is 0 Å². The Morgan fingerprint density at radius 2 is 2.00 bits per heavy atom. The van der Waals surface area contributed by atoms with Crippen LogP contribution in [-0.4, -0.2) is 6.04 Å². The fraction of sp³-hybridized carbons (Fsp3) is 0.500. The van der Waals surface area contributed by atoms with Crippen molar-refractivity contribution in [3.63, 3.8) is 0 Å². The lowest BCUT2D eigenvalue weighted by Gasteiger charge is -2.18. The van der Waals surface area contributed by atoms with E-state index in [1.54, 1.807) is 5.57 Å². The number of allylic oxidation sites excluding steroid dienone is 1. The highest BCUT2D eigenvalue weighted by Gasteiger charge is 2.10. The lowest BCUT2D eigenvalue weighted by molar-refractivity contribution is 0.605. The highest BCUT2D eigenvalue weighted by molar-refractivity contribution is 5.26. The number of hydrogen-bond acceptors (Lipinski definition) is 1. The minimum absolute atomic E-state index is 0.278. The molecule has 0 saturated heterocycles. The van der Waals surface area contributed by atoms with Gasteiger partial charge in [-0.25, -0.2) is 0 Å². The highest BCUT2D eigenvalue weighted by atomic mass is 14.6. The second-order valence-corrected chi connectivity index (χ2v) is 5.20. The highest BCUT2D eigenvalue weighted by Crippen LogP contribution is 2.22. The molecule has 0 fully saturated rings. The molecule has 0 aromatic heterocycles. The van der Waals surface area contributed by atoms with Crippen molar-refractivity contribution in [2.75, 3.05) is 0 Å². The Morgan fingerprint density at radius 3 is 2.71 bits per heavy atom. The van der Waals surface area contributed by atoms with Gasteiger partial charge in [0.2, 0.25) is 0 Å². The maximum absolute atomic E-state index is 6.26. The summed E-state index contributed by atoms with van der Waals surface area (Å²) in [4.78, 5) is 0. The summed E-state index contributed by atoms with van der Waals surface area (Å²) in [6.45, 7) is 2.17. The van der Waals surface area contributed by atoms with Gasteiger partial charge in [-0.1, -0.05) is 35.9 Å². The summed E-state index contributed by atoms with van der Waals surface area (Å²) in [7, 11) is 0. The second-order valence-electron chi connectivity index (χ2n) is 5.20. The Kier molecular flexibility index (Phi) is 4.38. The standard InChI is InChI=1S/C16H23N/c1-13-7-5-6-10-15(13)12-16(17)11-14-8-3-2-4-9-14/h5-8,10,16H,2-4,9,11-12,17H2,1H3. The Bertz CT molecular complexity index is 392. The summed E-state index contributed by atoms with van der Waals surface area (Å²) in [5, 5.41) is 0. The van der Waals surface area contributed by atoms with Crippen molar-refractivity contribution in [2.45, 2.75) is 51.5 Å². The predicted molar refractivity (Wildman–Crippen MR) is 74.0 cm³/mol. The average molecular weight is 229 g/mol. The molecule has 0 amide bonds. The van der Waals surface area contributed by atoms with Gasteiger partial charge >= 0.3 is 0 Å². The zero-order valence-electron chi connectivity index (χ0n) is 10.8. The fourth-order valence-corrected chi connectivity index (χ4v) is 2.62. The van der Waals surface area contributed by atoms with E-state index in [0.29, 0.717) is 0 Å². The molecule has 1 aromatic rings. The van der Waals surface area contributed by atoms with Gasteiger partial charge in [0.1, 0.15) is 0 Å². The van der Waals surface area contributed by atoms with Crippen molar-refractivity contribution in [3.8, 4) is 0 Å². The van der Waals surface area contributed by atoms with Gasteiger partial charge in [-0.05, 0) is 56.6 Å². The van der Waals surface area contributed by atoms with Crippen molar-refractivity contribution in [1.82, 2.24) is 0 Å². The van der Waals surface area contributed by atoms with Gasteiger partial charge in [0.25, 0.3) is 0 Å². The smallest absolute Gasteiger partial charge is 0.0117 e. The maximum Gasteiger partial charge on any atom is 0.0117 e. The topological polar surface area (TPSA) is 26.0 Å². The molecule has 0 bridgehead atoms. The van der Waals surface area contributed by atoms with Crippen LogP contribution in [0.4, 0.5) is 0 Å². The maximum atomic E-state index is 6.26. The first-order valence-electron chi connectivity index (χ1n) is 6.73. The van der Waals surface area contributed by atoms with Crippen LogP contribution < -0.4 is 5.73 Å². The zero-order valence-corrected chi connectivity index (χ0v) is 10.8. The number of aryl methyl sites for hydroxylation is 1. The Hall–Kier alpha value is -1.08. The van der Waals surface area contributed by atoms with Crippen molar-refractivity contribution >= 4 is 0 Å². The summed E-state index contributed by atoms with van der Waals surface area (Å²) >= 11 is 0. The van der Waals surface area contributed by atoms with Crippen LogP contribution in [0.5, 0.6) is 0 Å². The third kappa shape index (κ3) is 3.71. The molecule has 1 unspecified atom stereocenters. The Labute approximate surface area is 105 Å². The molecule has 2 N–H and O–H groups in total. The van der Waals surface area contributed by atoms with Crippen molar-refractivity contribution in [3.05, 3.63) is 47.0 Å². The lowest BCUT2D eigenvalue weighted by atomic mass is 9.91. The van der Waals surface area contributed by atoms with Gasteiger partial charge in [-0.3, -0.25) is 0 Å². The zero-order chi connectivity index (χ0) is 12.1. The number of nitrogens with two attached hydrogens (primary N) is 1. The summed E-state index contributed by atoms with van der Waals surface area (Å²) in [6.07, 6.45) is 9.72. The van der Waals surface area contributed by atoms with Crippen LogP contribution in [0.15, 0.2) is 35.9 Å². The van der Waals surface area contributed by atoms with Gasteiger partial charge in [0.05, 0.1) is 0 Å². The van der Waals surface area contributed by atoms with E-state index in [1.807, 2.05) is 0 Å². The first-order valence-corrected chi connectivity index (χ1v) is 6.73. The molecule has 1 aliphatic rings. The van der Waals surface area contributed by atoms with Crippen LogP contribution in [0.3, 0.4) is 0 Å². The van der Waals surface area contributed by atoms with Gasteiger partial charge in [-0.15, -0.1) is 0 Å². The molecule has 92 valence electrons. The molecule has 0 aliphatic heterocycles. The van der Waals surface area contributed by atoms with Crippen molar-refractivity contribution in [1.29, 1.82) is 0 Å². The third-order valence-corrected chi connectivity index (χ3v) is 3.65. The van der Waals surface area contributed by atoms with Crippen LogP contribution in [-0.2, 0) is 6.42 Å². The van der Waals surface area contributed by atoms with E-state index >= 15 is 0 Å². The minimum atomic E-state index is 0.278. The van der Waals surface area contributed by atoms with E-state index in [-0.39, 0.29) is 6.04 Å². The number of rotatable bonds is 4. The molecule has 0 saturated carbocycles. The molecule has 2 rings (SSSR count).